The quantitative estimate of drug-likeness (QED) is 0.324. The van der Waals surface area contributed by atoms with Gasteiger partial charge < -0.3 is 10.2 Å². The second-order valence-electron chi connectivity index (χ2n) is 9.43. The lowest BCUT2D eigenvalue weighted by atomic mass is 10.1. The maximum absolute atomic E-state index is 13.7. The van der Waals surface area contributed by atoms with Crippen LogP contribution in [-0.4, -0.2) is 54.9 Å². The van der Waals surface area contributed by atoms with E-state index in [1.165, 1.54) is 17.0 Å². The minimum Gasteiger partial charge on any atom is -0.352 e. The third-order valence-electron chi connectivity index (χ3n) is 6.56. The van der Waals surface area contributed by atoms with Crippen molar-refractivity contribution in [2.75, 3.05) is 17.1 Å². The van der Waals surface area contributed by atoms with Crippen molar-refractivity contribution in [1.82, 2.24) is 10.2 Å². The van der Waals surface area contributed by atoms with Gasteiger partial charge in [-0.2, -0.15) is 0 Å². The van der Waals surface area contributed by atoms with Crippen molar-refractivity contribution >= 4 is 56.4 Å². The number of amides is 2. The number of carbonyl (C=O) groups is 2. The number of anilines is 1. The zero-order chi connectivity index (χ0) is 28.2. The highest BCUT2D eigenvalue weighted by Gasteiger charge is 2.32. The first-order valence-corrected chi connectivity index (χ1v) is 14.6. The fraction of sp³-hybridized carbons (Fsp3) is 0.440. The summed E-state index contributed by atoms with van der Waals surface area (Å²) < 4.78 is 26.4. The second kappa shape index (κ2) is 12.3. The van der Waals surface area contributed by atoms with Crippen LogP contribution >= 0.6 is 23.2 Å². The third-order valence-corrected chi connectivity index (χ3v) is 8.42. The molecule has 3 rings (SSSR count). The van der Waals surface area contributed by atoms with Crippen molar-refractivity contribution in [3.63, 3.8) is 0 Å². The van der Waals surface area contributed by atoms with Crippen LogP contribution in [0.5, 0.6) is 0 Å². The largest absolute Gasteiger partial charge is 0.352 e. The third kappa shape index (κ3) is 7.36. The number of halogens is 2. The van der Waals surface area contributed by atoms with Crippen molar-refractivity contribution in [2.45, 2.75) is 58.2 Å². The first-order valence-electron chi connectivity index (χ1n) is 12.0. The molecule has 1 atom stereocenters. The van der Waals surface area contributed by atoms with Gasteiger partial charge in [0.2, 0.25) is 21.8 Å². The number of hydrogen-bond acceptors (Lipinski definition) is 6. The molecule has 0 aliphatic heterocycles. The Kier molecular flexibility index (Phi) is 9.61. The molecule has 206 valence electrons. The summed E-state index contributed by atoms with van der Waals surface area (Å²) in [6, 6.07) is 7.68. The van der Waals surface area contributed by atoms with Crippen LogP contribution in [-0.2, 0) is 26.2 Å². The zero-order valence-corrected chi connectivity index (χ0v) is 23.6. The number of hydrogen-bond donors (Lipinski definition) is 1. The fourth-order valence-electron chi connectivity index (χ4n) is 4.38. The molecule has 0 heterocycles. The summed E-state index contributed by atoms with van der Waals surface area (Å²) in [4.78, 5) is 38.8. The monoisotopic (exact) mass is 584 g/mol. The predicted molar refractivity (Wildman–Crippen MR) is 147 cm³/mol. The van der Waals surface area contributed by atoms with E-state index in [4.69, 9.17) is 23.2 Å². The molecule has 0 saturated heterocycles. The lowest BCUT2D eigenvalue weighted by molar-refractivity contribution is -0.384. The van der Waals surface area contributed by atoms with Crippen molar-refractivity contribution in [1.29, 1.82) is 0 Å². The molecule has 1 N–H and O–H groups in total. The summed E-state index contributed by atoms with van der Waals surface area (Å²) in [6.07, 6.45) is 4.65. The van der Waals surface area contributed by atoms with E-state index in [0.29, 0.717) is 16.1 Å². The summed E-state index contributed by atoms with van der Waals surface area (Å²) in [5, 5.41) is 14.9. The topological polar surface area (TPSA) is 130 Å². The number of aryl methyl sites for hydroxylation is 1. The van der Waals surface area contributed by atoms with Gasteiger partial charge in [-0.25, -0.2) is 8.42 Å². The number of nitrogens with zero attached hydrogens (tertiary/aromatic N) is 3. The average molecular weight is 586 g/mol. The number of benzene rings is 2. The summed E-state index contributed by atoms with van der Waals surface area (Å²) >= 11 is 12.2. The Bertz CT molecular complexity index is 1330. The normalized spacial score (nSPS) is 14.7. The van der Waals surface area contributed by atoms with Gasteiger partial charge >= 0.3 is 0 Å². The smallest absolute Gasteiger partial charge is 0.271 e. The molecule has 1 unspecified atom stereocenters. The molecule has 0 bridgehead atoms. The molecule has 2 aromatic rings. The Labute approximate surface area is 232 Å². The molecule has 0 radical (unpaired) electrons. The minimum atomic E-state index is -4.04. The number of nitrogens with one attached hydrogen (secondary N) is 1. The van der Waals surface area contributed by atoms with Crippen molar-refractivity contribution < 1.29 is 22.9 Å². The highest BCUT2D eigenvalue weighted by Crippen LogP contribution is 2.28. The van der Waals surface area contributed by atoms with Crippen LogP contribution in [0.2, 0.25) is 10.0 Å². The van der Waals surface area contributed by atoms with Gasteiger partial charge in [-0.15, -0.1) is 0 Å². The summed E-state index contributed by atoms with van der Waals surface area (Å²) in [5.41, 5.74) is 0.707. The van der Waals surface area contributed by atoms with Crippen LogP contribution in [0, 0.1) is 17.0 Å². The minimum absolute atomic E-state index is 0.00703. The maximum Gasteiger partial charge on any atom is 0.271 e. The molecule has 2 aromatic carbocycles. The van der Waals surface area contributed by atoms with E-state index in [0.717, 1.165) is 42.3 Å². The number of rotatable bonds is 10. The molecule has 1 aliphatic carbocycles. The van der Waals surface area contributed by atoms with Gasteiger partial charge in [-0.3, -0.25) is 24.0 Å². The van der Waals surface area contributed by atoms with Gasteiger partial charge in [0, 0.05) is 24.7 Å². The van der Waals surface area contributed by atoms with E-state index in [-0.39, 0.29) is 34.9 Å². The van der Waals surface area contributed by atoms with E-state index in [1.807, 2.05) is 0 Å². The molecule has 1 aliphatic rings. The van der Waals surface area contributed by atoms with E-state index in [9.17, 15) is 28.1 Å². The maximum atomic E-state index is 13.7. The van der Waals surface area contributed by atoms with Gasteiger partial charge in [0.25, 0.3) is 5.69 Å². The predicted octanol–water partition coefficient (Wildman–Crippen LogP) is 4.45. The van der Waals surface area contributed by atoms with Crippen molar-refractivity contribution in [3.8, 4) is 0 Å². The highest BCUT2D eigenvalue weighted by atomic mass is 35.5. The van der Waals surface area contributed by atoms with Crippen LogP contribution in [0.25, 0.3) is 0 Å². The van der Waals surface area contributed by atoms with Gasteiger partial charge in [0.1, 0.15) is 12.6 Å². The van der Waals surface area contributed by atoms with Crippen molar-refractivity contribution in [2.24, 2.45) is 0 Å². The second-order valence-corrected chi connectivity index (χ2v) is 12.2. The fourth-order valence-corrected chi connectivity index (χ4v) is 5.60. The summed E-state index contributed by atoms with van der Waals surface area (Å²) in [5.74, 6) is -1.02. The molecule has 0 spiro atoms. The number of nitro groups is 1. The van der Waals surface area contributed by atoms with E-state index < -0.39 is 33.4 Å². The van der Waals surface area contributed by atoms with Crippen LogP contribution in [0.3, 0.4) is 0 Å². The number of carbonyl (C=O) groups excluding carboxylic acids is 2. The lowest BCUT2D eigenvalue weighted by Crippen LogP contribution is -2.52. The first-order chi connectivity index (χ1) is 17.8. The molecule has 0 aromatic heterocycles. The molecule has 1 fully saturated rings. The Hall–Kier alpha value is -2.89. The van der Waals surface area contributed by atoms with Crippen LogP contribution in [0.15, 0.2) is 36.4 Å². The molecule has 38 heavy (non-hydrogen) atoms. The number of non-ortho nitro benzene ring substituents is 1. The molecule has 13 heteroatoms. The Morgan fingerprint density at radius 2 is 1.79 bits per heavy atom. The number of nitro benzene ring substituents is 1. The van der Waals surface area contributed by atoms with E-state index in [2.05, 4.69) is 5.32 Å². The van der Waals surface area contributed by atoms with Crippen LogP contribution < -0.4 is 9.62 Å². The van der Waals surface area contributed by atoms with E-state index in [1.54, 1.807) is 32.0 Å². The summed E-state index contributed by atoms with van der Waals surface area (Å²) in [7, 11) is -4.04. The Morgan fingerprint density at radius 1 is 1.13 bits per heavy atom. The SMILES string of the molecule is Cc1ccc([N+](=O)[O-])cc1N(CC(=O)N(Cc1ccc(Cl)c(Cl)c1)C(C)C(=O)NC1CCCC1)S(C)(=O)=O. The molecular weight excluding hydrogens is 555 g/mol. The summed E-state index contributed by atoms with van der Waals surface area (Å²) in [6.45, 7) is 2.46. The average Bonchev–Trinajstić information content (AvgIpc) is 3.35. The molecule has 1 saturated carbocycles. The standard InChI is InChI=1S/C25H30Cl2N4O6S/c1-16-8-10-20(31(34)35)13-23(16)30(38(3,36)37)15-24(32)29(14-18-9-11-21(26)22(27)12-18)17(2)25(33)28-19-6-4-5-7-19/h8-13,17,19H,4-7,14-15H2,1-3H3,(H,28,33). The Balaban J connectivity index is 1.96. The molecule has 10 nitrogen and oxygen atoms in total. The Morgan fingerprint density at radius 3 is 2.37 bits per heavy atom. The van der Waals surface area contributed by atoms with Gasteiger partial charge in [-0.05, 0) is 49.9 Å². The van der Waals surface area contributed by atoms with Crippen LogP contribution in [0.4, 0.5) is 11.4 Å². The number of sulfonamides is 1. The van der Waals surface area contributed by atoms with Crippen molar-refractivity contribution in [3.05, 3.63) is 67.7 Å². The van der Waals surface area contributed by atoms with Crippen LogP contribution in [0.1, 0.15) is 43.7 Å². The van der Waals surface area contributed by atoms with Gasteiger partial charge in [0.05, 0.1) is 26.9 Å². The van der Waals surface area contributed by atoms with Gasteiger partial charge in [0.15, 0.2) is 0 Å². The lowest BCUT2D eigenvalue weighted by Gasteiger charge is -2.32. The zero-order valence-electron chi connectivity index (χ0n) is 21.3. The molecule has 2 amide bonds. The van der Waals surface area contributed by atoms with E-state index >= 15 is 0 Å². The highest BCUT2D eigenvalue weighted by molar-refractivity contribution is 7.92. The van der Waals surface area contributed by atoms with Gasteiger partial charge in [-0.1, -0.05) is 48.2 Å². The molecular formula is C25H30Cl2N4O6S. The first kappa shape index (κ1) is 29.7.